The van der Waals surface area contributed by atoms with Gasteiger partial charge in [0.2, 0.25) is 0 Å². The maximum atomic E-state index is 10.4. The molecular formula is C20H30O3. The van der Waals surface area contributed by atoms with Gasteiger partial charge in [0.05, 0.1) is 18.3 Å². The molecule has 4 rings (SSSR count). The monoisotopic (exact) mass is 318 g/mol. The molecule has 0 aromatic heterocycles. The van der Waals surface area contributed by atoms with Gasteiger partial charge in [0, 0.05) is 5.92 Å². The van der Waals surface area contributed by atoms with Crippen molar-refractivity contribution in [1.29, 1.82) is 0 Å². The molecule has 0 unspecified atom stereocenters. The zero-order valence-electron chi connectivity index (χ0n) is 14.6. The van der Waals surface area contributed by atoms with Gasteiger partial charge in [-0.1, -0.05) is 17.7 Å². The molecule has 0 radical (unpaired) electrons. The first-order chi connectivity index (χ1) is 11.0. The lowest BCUT2D eigenvalue weighted by atomic mass is 9.74. The second kappa shape index (κ2) is 5.72. The lowest BCUT2D eigenvalue weighted by Gasteiger charge is -2.31. The van der Waals surface area contributed by atoms with Crippen molar-refractivity contribution in [3.05, 3.63) is 23.3 Å². The molecule has 0 bridgehead atoms. The van der Waals surface area contributed by atoms with Gasteiger partial charge in [-0.3, -0.25) is 0 Å². The highest BCUT2D eigenvalue weighted by Gasteiger charge is 2.49. The molecule has 128 valence electrons. The molecule has 1 saturated carbocycles. The van der Waals surface area contributed by atoms with Crippen LogP contribution in [0.3, 0.4) is 0 Å². The summed E-state index contributed by atoms with van der Waals surface area (Å²) in [4.78, 5) is 0. The van der Waals surface area contributed by atoms with Crippen LogP contribution >= 0.6 is 0 Å². The normalized spacial score (nSPS) is 45.2. The largest absolute Gasteiger partial charge is 0.367 e. The summed E-state index contributed by atoms with van der Waals surface area (Å²) in [5.41, 5.74) is 2.93. The number of hydrogen-bond donors (Lipinski definition) is 1. The van der Waals surface area contributed by atoms with Crippen LogP contribution in [-0.4, -0.2) is 29.7 Å². The third-order valence-corrected chi connectivity index (χ3v) is 6.78. The molecule has 0 aromatic rings. The topological polar surface area (TPSA) is 42.0 Å². The minimum Gasteiger partial charge on any atom is -0.367 e. The molecule has 0 spiro atoms. The second-order valence-electron chi connectivity index (χ2n) is 8.50. The maximum absolute atomic E-state index is 10.4. The van der Waals surface area contributed by atoms with E-state index in [2.05, 4.69) is 32.9 Å². The highest BCUT2D eigenvalue weighted by molar-refractivity contribution is 5.21. The fourth-order valence-corrected chi connectivity index (χ4v) is 5.31. The van der Waals surface area contributed by atoms with E-state index in [-0.39, 0.29) is 11.5 Å². The van der Waals surface area contributed by atoms with Gasteiger partial charge in [0.15, 0.2) is 6.29 Å². The van der Waals surface area contributed by atoms with Gasteiger partial charge >= 0.3 is 0 Å². The van der Waals surface area contributed by atoms with Crippen molar-refractivity contribution < 1.29 is 14.6 Å². The van der Waals surface area contributed by atoms with Crippen molar-refractivity contribution in [3.63, 3.8) is 0 Å². The van der Waals surface area contributed by atoms with E-state index in [1.165, 1.54) is 30.4 Å². The van der Waals surface area contributed by atoms with Gasteiger partial charge in [0.1, 0.15) is 0 Å². The predicted molar refractivity (Wildman–Crippen MR) is 89.8 cm³/mol. The van der Waals surface area contributed by atoms with Crippen LogP contribution < -0.4 is 0 Å². The molecule has 4 aliphatic rings. The summed E-state index contributed by atoms with van der Waals surface area (Å²) >= 11 is 0. The van der Waals surface area contributed by atoms with Gasteiger partial charge in [-0.15, -0.1) is 0 Å². The Balaban J connectivity index is 1.52. The van der Waals surface area contributed by atoms with E-state index in [0.29, 0.717) is 24.5 Å². The van der Waals surface area contributed by atoms with Crippen LogP contribution in [0.15, 0.2) is 23.3 Å². The number of rotatable bonds is 3. The number of allylic oxidation sites excluding steroid dienone is 2. The summed E-state index contributed by atoms with van der Waals surface area (Å²) in [6, 6.07) is 0. The Bertz CT molecular complexity index is 533. The number of aliphatic hydroxyl groups excluding tert-OH is 1. The zero-order chi connectivity index (χ0) is 16.2. The first-order valence-electron chi connectivity index (χ1n) is 9.30. The van der Waals surface area contributed by atoms with E-state index in [4.69, 9.17) is 9.47 Å². The van der Waals surface area contributed by atoms with Crippen molar-refractivity contribution in [1.82, 2.24) is 0 Å². The van der Waals surface area contributed by atoms with Crippen LogP contribution in [0.1, 0.15) is 52.9 Å². The van der Waals surface area contributed by atoms with Gasteiger partial charge in [-0.2, -0.15) is 0 Å². The van der Waals surface area contributed by atoms with E-state index in [0.717, 1.165) is 18.8 Å². The first-order valence-corrected chi connectivity index (χ1v) is 9.30. The summed E-state index contributed by atoms with van der Waals surface area (Å²) in [5.74, 6) is 2.13. The molecule has 2 heterocycles. The van der Waals surface area contributed by atoms with Crippen LogP contribution in [0.25, 0.3) is 0 Å². The molecule has 3 heteroatoms. The van der Waals surface area contributed by atoms with E-state index < -0.39 is 6.29 Å². The summed E-state index contributed by atoms with van der Waals surface area (Å²) in [6.07, 6.45) is 10.6. The Hall–Kier alpha value is -0.640. The average molecular weight is 318 g/mol. The van der Waals surface area contributed by atoms with Gasteiger partial charge in [0.25, 0.3) is 0 Å². The smallest absolute Gasteiger partial charge is 0.161 e. The second-order valence-corrected chi connectivity index (χ2v) is 8.50. The summed E-state index contributed by atoms with van der Waals surface area (Å²) in [5, 5.41) is 10.4. The number of hydrogen-bond acceptors (Lipinski definition) is 3. The molecule has 23 heavy (non-hydrogen) atoms. The fourth-order valence-electron chi connectivity index (χ4n) is 5.31. The van der Waals surface area contributed by atoms with Crippen molar-refractivity contribution in [3.8, 4) is 0 Å². The molecule has 2 aliphatic carbocycles. The molecule has 3 fully saturated rings. The lowest BCUT2D eigenvalue weighted by molar-refractivity contribution is -0.0981. The molecule has 1 N–H and O–H groups in total. The molecule has 2 aliphatic heterocycles. The fraction of sp³-hybridized carbons (Fsp3) is 0.800. The Morgan fingerprint density at radius 2 is 2.13 bits per heavy atom. The van der Waals surface area contributed by atoms with Gasteiger partial charge in [-0.05, 0) is 76.2 Å². The molecule has 0 amide bonds. The van der Waals surface area contributed by atoms with Crippen LogP contribution in [0.2, 0.25) is 0 Å². The quantitative estimate of drug-likeness (QED) is 0.635. The molecular weight excluding hydrogens is 288 g/mol. The molecule has 3 nitrogen and oxygen atoms in total. The Morgan fingerprint density at radius 1 is 1.35 bits per heavy atom. The SMILES string of the molecule is C/C(=C/C[C@H]1OC1(C)C)[C@H]1CC[C@@H]2CCC=C3CO[C@H](O)[C@@H]3[C@H]21. The van der Waals surface area contributed by atoms with Crippen LogP contribution in [0, 0.1) is 23.7 Å². The first kappa shape index (κ1) is 15.9. The van der Waals surface area contributed by atoms with Crippen molar-refractivity contribution >= 4 is 0 Å². The van der Waals surface area contributed by atoms with Gasteiger partial charge < -0.3 is 14.6 Å². The Kier molecular flexibility index (Phi) is 3.94. The standard InChI is InChI=1S/C20H30O3/c1-12(7-10-16-20(2,3)23-16)15-9-8-13-5-4-6-14-11-22-19(21)18(14)17(13)15/h6-7,13,15-19,21H,4-5,8-11H2,1-3H3/b12-7-/t13-,15+,16+,17+,18-,19-/m0/s1. The van der Waals surface area contributed by atoms with Gasteiger partial charge in [-0.25, -0.2) is 0 Å². The van der Waals surface area contributed by atoms with E-state index in [9.17, 15) is 5.11 Å². The van der Waals surface area contributed by atoms with Crippen LogP contribution in [0.5, 0.6) is 0 Å². The highest BCUT2D eigenvalue weighted by atomic mass is 16.6. The summed E-state index contributed by atoms with van der Waals surface area (Å²) in [6.45, 7) is 7.26. The predicted octanol–water partition coefficient (Wildman–Crippen LogP) is 3.83. The minimum absolute atomic E-state index is 0.0721. The zero-order valence-corrected chi connectivity index (χ0v) is 14.6. The highest BCUT2D eigenvalue weighted by Crippen LogP contribution is 2.53. The Labute approximate surface area is 139 Å². The summed E-state index contributed by atoms with van der Waals surface area (Å²) in [7, 11) is 0. The minimum atomic E-state index is -0.592. The number of ether oxygens (including phenoxy) is 2. The van der Waals surface area contributed by atoms with Crippen molar-refractivity contribution in [2.24, 2.45) is 23.7 Å². The number of epoxide rings is 1. The third kappa shape index (κ3) is 2.81. The molecule has 6 atom stereocenters. The summed E-state index contributed by atoms with van der Waals surface area (Å²) < 4.78 is 11.3. The van der Waals surface area contributed by atoms with E-state index >= 15 is 0 Å². The van der Waals surface area contributed by atoms with Crippen molar-refractivity contribution in [2.75, 3.05) is 6.61 Å². The lowest BCUT2D eigenvalue weighted by Crippen LogP contribution is -2.31. The van der Waals surface area contributed by atoms with Crippen LogP contribution in [0.4, 0.5) is 0 Å². The number of fused-ring (bicyclic) bond motifs is 3. The number of aliphatic hydroxyl groups is 1. The third-order valence-electron chi connectivity index (χ3n) is 6.78. The van der Waals surface area contributed by atoms with E-state index in [1.54, 1.807) is 0 Å². The van der Waals surface area contributed by atoms with Crippen molar-refractivity contribution in [2.45, 2.75) is 70.9 Å². The Morgan fingerprint density at radius 3 is 2.87 bits per heavy atom. The van der Waals surface area contributed by atoms with Crippen LogP contribution in [-0.2, 0) is 9.47 Å². The molecule has 0 aromatic carbocycles. The molecule has 2 saturated heterocycles. The van der Waals surface area contributed by atoms with E-state index in [1.807, 2.05) is 0 Å². The average Bonchev–Trinajstić information content (AvgIpc) is 2.79. The maximum Gasteiger partial charge on any atom is 0.161 e.